The number of carbonyl (C=O) groups excluding carboxylic acids is 6. The van der Waals surface area contributed by atoms with Crippen molar-refractivity contribution in [2.45, 2.75) is 203 Å². The van der Waals surface area contributed by atoms with Crippen LogP contribution in [0.25, 0.3) is 33.3 Å². The van der Waals surface area contributed by atoms with Gasteiger partial charge in [-0.1, -0.05) is 85.8 Å². The van der Waals surface area contributed by atoms with Gasteiger partial charge in [-0.05, 0) is 202 Å². The third-order valence-electron chi connectivity index (χ3n) is 16.1. The molecule has 3 saturated carbocycles. The van der Waals surface area contributed by atoms with Gasteiger partial charge in [0, 0.05) is 61.7 Å². The van der Waals surface area contributed by atoms with Gasteiger partial charge in [0.05, 0.1) is 43.2 Å². The molecule has 0 radical (unpaired) electrons. The van der Waals surface area contributed by atoms with Gasteiger partial charge in [0.2, 0.25) is 11.8 Å². The number of carbonyl (C=O) groups is 5. The van der Waals surface area contributed by atoms with E-state index in [1.807, 2.05) is 58.2 Å². The van der Waals surface area contributed by atoms with Crippen LogP contribution in [-0.2, 0) is 52.9 Å². The van der Waals surface area contributed by atoms with Gasteiger partial charge < -0.3 is 40.1 Å². The first-order chi connectivity index (χ1) is 40.1. The van der Waals surface area contributed by atoms with E-state index in [4.69, 9.17) is 25.0 Å². The molecule has 4 atom stereocenters. The van der Waals surface area contributed by atoms with E-state index in [1.165, 1.54) is 58.9 Å². The first-order valence-corrected chi connectivity index (χ1v) is 31.1. The molecule has 84 heavy (non-hydrogen) atoms. The lowest BCUT2D eigenvalue weighted by Gasteiger charge is -2.30. The number of likely N-dealkylation sites (N-methyl/N-ethyl adjacent to an activating group) is 2. The van der Waals surface area contributed by atoms with E-state index in [0.29, 0.717) is 42.1 Å². The molecule has 3 fully saturated rings. The summed E-state index contributed by atoms with van der Waals surface area (Å²) in [6.07, 6.45) is 19.4. The second-order valence-electron chi connectivity index (χ2n) is 23.5. The van der Waals surface area contributed by atoms with Crippen LogP contribution in [0.15, 0.2) is 60.8 Å². The van der Waals surface area contributed by atoms with Crippen LogP contribution < -0.4 is 21.1 Å². The molecule has 7 rings (SSSR count). The summed E-state index contributed by atoms with van der Waals surface area (Å²) >= 11 is 0. The van der Waals surface area contributed by atoms with Gasteiger partial charge in [-0.2, -0.15) is 0 Å². The van der Waals surface area contributed by atoms with Crippen molar-refractivity contribution >= 4 is 46.5 Å². The van der Waals surface area contributed by atoms with Crippen molar-refractivity contribution in [3.05, 3.63) is 77.6 Å². The molecule has 2 amide bonds. The number of rotatable bonds is 26. The summed E-state index contributed by atoms with van der Waals surface area (Å²) in [7, 11) is 10.9. The number of allylic oxidation sites excluding steroid dienone is 1. The smallest absolute Gasteiger partial charge is 0.238 e. The number of nitrogens with one attached hydrogen (secondary N) is 2. The number of amides is 2. The Morgan fingerprint density at radius 1 is 0.917 bits per heavy atom. The number of hydrogen-bond donors (Lipinski definition) is 3. The van der Waals surface area contributed by atoms with Crippen molar-refractivity contribution in [2.75, 3.05) is 55.5 Å². The van der Waals surface area contributed by atoms with E-state index < -0.39 is 6.04 Å². The zero-order chi connectivity index (χ0) is 63.1. The highest BCUT2D eigenvalue weighted by atomic mass is 16.5. The summed E-state index contributed by atoms with van der Waals surface area (Å²) in [6, 6.07) is 16.2. The lowest BCUT2D eigenvalue weighted by molar-refractivity contribution is -0.132. The van der Waals surface area contributed by atoms with Crippen LogP contribution in [0, 0.1) is 23.2 Å². The van der Waals surface area contributed by atoms with E-state index in [9.17, 15) is 24.0 Å². The number of nitrogens with two attached hydrogens (primary N) is 1. The van der Waals surface area contributed by atoms with Gasteiger partial charge in [0.25, 0.3) is 0 Å². The predicted octanol–water partition coefficient (Wildman–Crippen LogP) is 12.4. The SMILES string of the molecule is CC.CC(=O)C1CC1.CC=C=O.CCCCCNC.CCn1c(-c2cccnc2C(C)OC)c(CC(C)(C)CC)c2cc(-c3cc(CC(NC(=O)C(C4CCCC4)N(C)C)C(C)=O)cc(OC)c3)ccc21.CN(CC=O)C(=O)C[C@H](N)C1CC1. The summed E-state index contributed by atoms with van der Waals surface area (Å²) in [5.74, 6) is 3.79. The number of nitrogens with zero attached hydrogens (tertiary/aromatic N) is 4. The zero-order valence-corrected chi connectivity index (χ0v) is 54.8. The molecule has 0 saturated heterocycles. The number of Topliss-reactive ketones (excluding diaryl/α,β-unsaturated/α-hetero) is 2. The molecule has 3 aliphatic carbocycles. The van der Waals surface area contributed by atoms with Crippen molar-refractivity contribution in [2.24, 2.45) is 28.9 Å². The Morgan fingerprint density at radius 2 is 1.57 bits per heavy atom. The summed E-state index contributed by atoms with van der Waals surface area (Å²) in [4.78, 5) is 75.6. The highest BCUT2D eigenvalue weighted by molar-refractivity contribution is 5.95. The summed E-state index contributed by atoms with van der Waals surface area (Å²) in [5.41, 5.74) is 14.6. The fraction of sp³-hybridized carbons (Fsp3) is 0.623. The molecule has 15 heteroatoms. The molecule has 0 aliphatic heterocycles. The number of aldehydes is 1. The van der Waals surface area contributed by atoms with Crippen LogP contribution in [0.3, 0.4) is 0 Å². The van der Waals surface area contributed by atoms with E-state index in [1.54, 1.807) is 48.0 Å². The normalized spacial score (nSPS) is 15.0. The van der Waals surface area contributed by atoms with Crippen LogP contribution in [0.2, 0.25) is 0 Å². The Hall–Kier alpha value is -5.83. The van der Waals surface area contributed by atoms with Crippen molar-refractivity contribution in [1.82, 2.24) is 30.0 Å². The maximum atomic E-state index is 13.7. The Kier molecular flexibility index (Phi) is 34.5. The second-order valence-corrected chi connectivity index (χ2v) is 23.5. The number of unbranched alkanes of at least 4 members (excludes halogenated alkanes) is 2. The molecule has 4 N–H and O–H groups in total. The Morgan fingerprint density at radius 3 is 2.06 bits per heavy atom. The third kappa shape index (κ3) is 24.3. The summed E-state index contributed by atoms with van der Waals surface area (Å²) < 4.78 is 14.0. The van der Waals surface area contributed by atoms with Crippen molar-refractivity contribution in [3.63, 3.8) is 0 Å². The Balaban J connectivity index is 0.000000606. The molecular weight excluding hydrogens is 1050 g/mol. The van der Waals surface area contributed by atoms with Crippen molar-refractivity contribution in [3.8, 4) is 28.1 Å². The largest absolute Gasteiger partial charge is 0.497 e. The fourth-order valence-corrected chi connectivity index (χ4v) is 10.4. The number of hydrogen-bond acceptors (Lipinski definition) is 12. The first-order valence-electron chi connectivity index (χ1n) is 31.1. The monoisotopic (exact) mass is 1160 g/mol. The fourth-order valence-electron chi connectivity index (χ4n) is 10.4. The number of ketones is 2. The summed E-state index contributed by atoms with van der Waals surface area (Å²) in [6.45, 7) is 24.4. The van der Waals surface area contributed by atoms with E-state index in [2.05, 4.69) is 93.1 Å². The molecule has 3 unspecified atom stereocenters. The average Bonchev–Trinajstić information content (AvgIpc) is 3.74. The maximum Gasteiger partial charge on any atom is 0.238 e. The topological polar surface area (TPSA) is 195 Å². The maximum absolute atomic E-state index is 13.7. The predicted molar refractivity (Wildman–Crippen MR) is 345 cm³/mol. The molecule has 468 valence electrons. The number of aromatic nitrogens is 2. The van der Waals surface area contributed by atoms with Crippen molar-refractivity contribution < 1.29 is 38.2 Å². The average molecular weight is 1160 g/mol. The van der Waals surface area contributed by atoms with Crippen LogP contribution in [0.4, 0.5) is 0 Å². The Labute approximate surface area is 506 Å². The van der Waals surface area contributed by atoms with Gasteiger partial charge in [0.15, 0.2) is 5.78 Å². The van der Waals surface area contributed by atoms with E-state index in [0.717, 1.165) is 105 Å². The van der Waals surface area contributed by atoms with E-state index >= 15 is 0 Å². The third-order valence-corrected chi connectivity index (χ3v) is 16.1. The molecule has 2 aromatic heterocycles. The molecule has 2 heterocycles. The molecule has 0 spiro atoms. The lowest BCUT2D eigenvalue weighted by Crippen LogP contribution is -2.52. The van der Waals surface area contributed by atoms with Gasteiger partial charge >= 0.3 is 0 Å². The number of methoxy groups -OCH3 is 2. The highest BCUT2D eigenvalue weighted by Crippen LogP contribution is 2.43. The number of aryl methyl sites for hydroxylation is 1. The minimum atomic E-state index is -0.633. The molecular formula is C69H109N7O8. The first kappa shape index (κ1) is 74.3. The van der Waals surface area contributed by atoms with Crippen LogP contribution >= 0.6 is 0 Å². The molecule has 4 aromatic rings. The molecule has 2 aromatic carbocycles. The van der Waals surface area contributed by atoms with Gasteiger partial charge in [-0.25, -0.2) is 4.79 Å². The standard InChI is InChI=1S/C44H60N4O4.C9H16N2O2.C6H15N.C5H8O.C3H4O.C2H6/c1-11-44(5,6)27-37-36-26-32(19-20-39(36)48(12-2)42(37)35-18-15-21-45-40(35)29(4)51-9)33-22-30(23-34(25-33)52-10)24-38(28(3)49)46-43(50)41(47(7)8)31-16-13-14-17-31;1-11(4-5-12)9(13)6-8(10)7-2-3-7;1-3-4-5-6-7-2;1-4(6)5-2-3-5;1-2-3-4;1-2/h15,18-23,25-26,29,31,38,41H,11-14,16-17,24,27H2,1-10H3,(H,46,50);5,7-8H,2-4,6,10H2,1H3;7H,3-6H2,1-2H3;5H,2-3H2,1H3;2H,1H3;1-2H3/t;8-;;;;/m.0..../s1. The minimum Gasteiger partial charge on any atom is -0.497 e. The number of benzene rings is 2. The van der Waals surface area contributed by atoms with Gasteiger partial charge in [-0.15, -0.1) is 0 Å². The van der Waals surface area contributed by atoms with Gasteiger partial charge in [-0.3, -0.25) is 29.1 Å². The highest BCUT2D eigenvalue weighted by Gasteiger charge is 2.35. The van der Waals surface area contributed by atoms with Crippen LogP contribution in [0.1, 0.15) is 183 Å². The zero-order valence-electron chi connectivity index (χ0n) is 54.8. The van der Waals surface area contributed by atoms with Crippen molar-refractivity contribution in [1.29, 1.82) is 0 Å². The minimum absolute atomic E-state index is 0.0124. The lowest BCUT2D eigenvalue weighted by atomic mass is 9.81. The van der Waals surface area contributed by atoms with Gasteiger partial charge in [0.1, 0.15) is 23.8 Å². The quantitative estimate of drug-likeness (QED) is 0.0306. The van der Waals surface area contributed by atoms with Crippen LogP contribution in [0.5, 0.6) is 5.75 Å². The molecule has 3 aliphatic rings. The van der Waals surface area contributed by atoms with Crippen LogP contribution in [-0.4, -0.2) is 129 Å². The Bertz CT molecular complexity index is 2670. The number of pyridine rings is 1. The summed E-state index contributed by atoms with van der Waals surface area (Å²) in [5, 5.41) is 7.46. The number of ether oxygens (including phenoxy) is 2. The molecule has 0 bridgehead atoms. The molecule has 15 nitrogen and oxygen atoms in total. The van der Waals surface area contributed by atoms with E-state index in [-0.39, 0.29) is 47.7 Å². The second kappa shape index (κ2) is 39.0. The number of fused-ring (bicyclic) bond motifs is 1.